The van der Waals surface area contributed by atoms with Crippen LogP contribution in [0.1, 0.15) is 25.3 Å². The van der Waals surface area contributed by atoms with E-state index >= 15 is 0 Å². The molecule has 1 aliphatic rings. The van der Waals surface area contributed by atoms with Crippen LogP contribution < -0.4 is 14.8 Å². The fourth-order valence-corrected chi connectivity index (χ4v) is 2.39. The number of benzene rings is 1. The second-order valence-electron chi connectivity index (χ2n) is 5.38. The maximum Gasteiger partial charge on any atom is 0.422 e. The van der Waals surface area contributed by atoms with E-state index in [1.807, 2.05) is 0 Å². The lowest BCUT2D eigenvalue weighted by molar-refractivity contribution is -0.153. The van der Waals surface area contributed by atoms with Gasteiger partial charge in [-0.15, -0.1) is 0 Å². The van der Waals surface area contributed by atoms with Gasteiger partial charge in [0.25, 0.3) is 0 Å². The first-order valence-electron chi connectivity index (χ1n) is 7.75. The molecule has 1 aromatic carbocycles. The third-order valence-corrected chi connectivity index (χ3v) is 3.42. The molecule has 1 heterocycles. The van der Waals surface area contributed by atoms with Crippen molar-refractivity contribution >= 4 is 0 Å². The van der Waals surface area contributed by atoms with Gasteiger partial charge in [-0.1, -0.05) is 6.07 Å². The molecule has 0 radical (unpaired) electrons. The van der Waals surface area contributed by atoms with Crippen molar-refractivity contribution in [1.29, 1.82) is 0 Å². The van der Waals surface area contributed by atoms with Crippen LogP contribution in [0, 0.1) is 0 Å². The summed E-state index contributed by atoms with van der Waals surface area (Å²) in [6, 6.07) is 4.95. The Kier molecular flexibility index (Phi) is 6.53. The van der Waals surface area contributed by atoms with Crippen LogP contribution in [-0.4, -0.2) is 38.6 Å². The molecule has 7 heteroatoms. The molecule has 4 nitrogen and oxygen atoms in total. The van der Waals surface area contributed by atoms with Gasteiger partial charge in [-0.3, -0.25) is 0 Å². The van der Waals surface area contributed by atoms with E-state index in [4.69, 9.17) is 14.2 Å². The molecule has 1 aromatic rings. The zero-order valence-corrected chi connectivity index (χ0v) is 13.1. The van der Waals surface area contributed by atoms with E-state index < -0.39 is 12.8 Å². The predicted octanol–water partition coefficient (Wildman–Crippen LogP) is 3.30. The van der Waals surface area contributed by atoms with Crippen molar-refractivity contribution < 1.29 is 27.4 Å². The standard InChI is InChI=1S/C16H22F3NO3/c1-2-21-15-8-12(9-20-10-13-4-3-7-22-13)5-6-14(15)23-11-16(17,18)19/h5-6,8,13,20H,2-4,7,9-11H2,1H3. The Balaban J connectivity index is 1.91. The predicted molar refractivity (Wildman–Crippen MR) is 79.8 cm³/mol. The van der Waals surface area contributed by atoms with Crippen molar-refractivity contribution in [2.24, 2.45) is 0 Å². The van der Waals surface area contributed by atoms with Crippen molar-refractivity contribution in [3.63, 3.8) is 0 Å². The first kappa shape index (κ1) is 17.9. The van der Waals surface area contributed by atoms with Crippen LogP contribution in [-0.2, 0) is 11.3 Å². The highest BCUT2D eigenvalue weighted by atomic mass is 19.4. The van der Waals surface area contributed by atoms with Gasteiger partial charge >= 0.3 is 6.18 Å². The second kappa shape index (κ2) is 8.40. The third-order valence-electron chi connectivity index (χ3n) is 3.42. The van der Waals surface area contributed by atoms with Gasteiger partial charge in [0, 0.05) is 19.7 Å². The fourth-order valence-electron chi connectivity index (χ4n) is 2.39. The number of hydrogen-bond acceptors (Lipinski definition) is 4. The van der Waals surface area contributed by atoms with Crippen molar-refractivity contribution in [3.8, 4) is 11.5 Å². The summed E-state index contributed by atoms with van der Waals surface area (Å²) in [5, 5.41) is 3.29. The van der Waals surface area contributed by atoms with Crippen LogP contribution in [0.2, 0.25) is 0 Å². The van der Waals surface area contributed by atoms with Gasteiger partial charge in [-0.05, 0) is 37.5 Å². The van der Waals surface area contributed by atoms with E-state index in [0.29, 0.717) is 18.9 Å². The summed E-state index contributed by atoms with van der Waals surface area (Å²) >= 11 is 0. The summed E-state index contributed by atoms with van der Waals surface area (Å²) in [4.78, 5) is 0. The molecule has 0 aliphatic carbocycles. The minimum Gasteiger partial charge on any atom is -0.490 e. The van der Waals surface area contributed by atoms with E-state index in [2.05, 4.69) is 5.32 Å². The van der Waals surface area contributed by atoms with Crippen molar-refractivity contribution in [2.75, 3.05) is 26.4 Å². The molecule has 2 rings (SSSR count). The first-order chi connectivity index (χ1) is 11.0. The summed E-state index contributed by atoms with van der Waals surface area (Å²) in [5.74, 6) is 0.431. The molecule has 1 fully saturated rings. The maximum absolute atomic E-state index is 12.3. The molecular formula is C16H22F3NO3. The summed E-state index contributed by atoms with van der Waals surface area (Å²) in [7, 11) is 0. The smallest absolute Gasteiger partial charge is 0.422 e. The average molecular weight is 333 g/mol. The summed E-state index contributed by atoms with van der Waals surface area (Å²) in [6.45, 7) is 2.97. The number of ether oxygens (including phenoxy) is 3. The number of rotatable bonds is 8. The fraction of sp³-hybridized carbons (Fsp3) is 0.625. The molecule has 1 N–H and O–H groups in total. The minimum absolute atomic E-state index is 0.104. The van der Waals surface area contributed by atoms with E-state index in [1.165, 1.54) is 6.07 Å². The van der Waals surface area contributed by atoms with E-state index in [9.17, 15) is 13.2 Å². The zero-order valence-electron chi connectivity index (χ0n) is 13.1. The Bertz CT molecular complexity index is 488. The van der Waals surface area contributed by atoms with E-state index in [1.54, 1.807) is 19.1 Å². The minimum atomic E-state index is -4.37. The quantitative estimate of drug-likeness (QED) is 0.792. The van der Waals surface area contributed by atoms with Crippen LogP contribution in [0.3, 0.4) is 0 Å². The lowest BCUT2D eigenvalue weighted by Gasteiger charge is -2.15. The summed E-state index contributed by atoms with van der Waals surface area (Å²) in [6.07, 6.45) is -1.98. The molecule has 0 spiro atoms. The molecule has 23 heavy (non-hydrogen) atoms. The SMILES string of the molecule is CCOc1cc(CNCC2CCCO2)ccc1OCC(F)(F)F. The normalized spacial score (nSPS) is 18.2. The topological polar surface area (TPSA) is 39.7 Å². The largest absolute Gasteiger partial charge is 0.490 e. The van der Waals surface area contributed by atoms with Gasteiger partial charge in [-0.2, -0.15) is 13.2 Å². The maximum atomic E-state index is 12.3. The van der Waals surface area contributed by atoms with Gasteiger partial charge in [0.1, 0.15) is 0 Å². The van der Waals surface area contributed by atoms with Crippen LogP contribution >= 0.6 is 0 Å². The molecular weight excluding hydrogens is 311 g/mol. The van der Waals surface area contributed by atoms with Crippen molar-refractivity contribution in [1.82, 2.24) is 5.32 Å². The Labute approximate surface area is 133 Å². The van der Waals surface area contributed by atoms with Gasteiger partial charge < -0.3 is 19.5 Å². The lowest BCUT2D eigenvalue weighted by Crippen LogP contribution is -2.25. The Hall–Kier alpha value is -1.47. The lowest BCUT2D eigenvalue weighted by atomic mass is 10.2. The van der Waals surface area contributed by atoms with Gasteiger partial charge in [0.15, 0.2) is 18.1 Å². The van der Waals surface area contributed by atoms with Crippen molar-refractivity contribution in [3.05, 3.63) is 23.8 Å². The van der Waals surface area contributed by atoms with Gasteiger partial charge in [-0.25, -0.2) is 0 Å². The van der Waals surface area contributed by atoms with Gasteiger partial charge in [0.05, 0.1) is 12.7 Å². The highest BCUT2D eigenvalue weighted by molar-refractivity contribution is 5.43. The number of alkyl halides is 3. The van der Waals surface area contributed by atoms with E-state index in [-0.39, 0.29) is 11.9 Å². The second-order valence-corrected chi connectivity index (χ2v) is 5.38. The monoisotopic (exact) mass is 333 g/mol. The van der Waals surface area contributed by atoms with Crippen LogP contribution in [0.15, 0.2) is 18.2 Å². The van der Waals surface area contributed by atoms with Crippen LogP contribution in [0.25, 0.3) is 0 Å². The highest BCUT2D eigenvalue weighted by Crippen LogP contribution is 2.30. The first-order valence-corrected chi connectivity index (χ1v) is 7.75. The van der Waals surface area contributed by atoms with Crippen LogP contribution in [0.5, 0.6) is 11.5 Å². The van der Waals surface area contributed by atoms with Gasteiger partial charge in [0.2, 0.25) is 0 Å². The average Bonchev–Trinajstić information content (AvgIpc) is 2.99. The molecule has 0 amide bonds. The Morgan fingerprint density at radius 2 is 2.09 bits per heavy atom. The summed E-state index contributed by atoms with van der Waals surface area (Å²) in [5.41, 5.74) is 0.922. The Morgan fingerprint density at radius 1 is 1.26 bits per heavy atom. The molecule has 1 saturated heterocycles. The number of nitrogens with one attached hydrogen (secondary N) is 1. The zero-order chi connectivity index (χ0) is 16.7. The number of halogens is 3. The molecule has 1 atom stereocenters. The molecule has 1 unspecified atom stereocenters. The van der Waals surface area contributed by atoms with Crippen molar-refractivity contribution in [2.45, 2.75) is 38.6 Å². The molecule has 0 saturated carbocycles. The Morgan fingerprint density at radius 3 is 2.74 bits per heavy atom. The molecule has 0 bridgehead atoms. The van der Waals surface area contributed by atoms with E-state index in [0.717, 1.165) is 31.6 Å². The molecule has 130 valence electrons. The molecule has 0 aromatic heterocycles. The molecule has 1 aliphatic heterocycles. The number of hydrogen-bond donors (Lipinski definition) is 1. The summed E-state index contributed by atoms with van der Waals surface area (Å²) < 4.78 is 52.5. The van der Waals surface area contributed by atoms with Crippen LogP contribution in [0.4, 0.5) is 13.2 Å². The highest BCUT2D eigenvalue weighted by Gasteiger charge is 2.29. The third kappa shape index (κ3) is 6.27.